The van der Waals surface area contributed by atoms with E-state index in [2.05, 4.69) is 154 Å². The lowest BCUT2D eigenvalue weighted by Crippen LogP contribution is -2.52. The maximum Gasteiger partial charge on any atom is 0.241 e. The van der Waals surface area contributed by atoms with E-state index in [4.69, 9.17) is 4.42 Å². The van der Waals surface area contributed by atoms with Crippen LogP contribution in [0.5, 0.6) is 0 Å². The molecule has 0 unspecified atom stereocenters. The maximum absolute atomic E-state index is 6.09. The fourth-order valence-corrected chi connectivity index (χ4v) is 9.03. The van der Waals surface area contributed by atoms with Crippen molar-refractivity contribution in [3.05, 3.63) is 151 Å². The fraction of sp³-hybridized carbons (Fsp3) is 0. The number of hydrogen-bond acceptors (Lipinski definition) is 2. The molecular formula is C42H25BN2OS. The Labute approximate surface area is 274 Å². The van der Waals surface area contributed by atoms with Crippen LogP contribution in [0.3, 0.4) is 0 Å². The van der Waals surface area contributed by atoms with Gasteiger partial charge in [0.05, 0.1) is 17.3 Å². The Morgan fingerprint density at radius 2 is 1.04 bits per heavy atom. The SMILES string of the molecule is c1ccc(B(c2cc3c(-c4ccccc4)cn4c5occc5c(c2)c34)c2cc3c(-c4ccccc4)cn4c5sccc5c(c2)c34)cc1. The largest absolute Gasteiger partial charge is 0.447 e. The molecule has 5 heteroatoms. The maximum atomic E-state index is 6.09. The molecular weight excluding hydrogens is 591 g/mol. The van der Waals surface area contributed by atoms with E-state index in [1.54, 1.807) is 0 Å². The van der Waals surface area contributed by atoms with Crippen molar-refractivity contribution in [2.75, 3.05) is 0 Å². The normalized spacial score (nSPS) is 12.3. The molecule has 6 aromatic heterocycles. The number of fused-ring (bicyclic) bond motifs is 6. The topological polar surface area (TPSA) is 22.0 Å². The average Bonchev–Trinajstić information content (AvgIpc) is 3.97. The van der Waals surface area contributed by atoms with Crippen LogP contribution in [0, 0.1) is 0 Å². The minimum atomic E-state index is 0.0232. The Morgan fingerprint density at radius 1 is 0.489 bits per heavy atom. The summed E-state index contributed by atoms with van der Waals surface area (Å²) in [6, 6.07) is 46.7. The molecule has 0 fully saturated rings. The highest BCUT2D eigenvalue weighted by atomic mass is 32.1. The zero-order valence-corrected chi connectivity index (χ0v) is 26.0. The van der Waals surface area contributed by atoms with Gasteiger partial charge < -0.3 is 8.82 Å². The van der Waals surface area contributed by atoms with Gasteiger partial charge in [0.1, 0.15) is 4.83 Å². The highest BCUT2D eigenvalue weighted by Gasteiger charge is 2.28. The predicted octanol–water partition coefficient (Wildman–Crippen LogP) is 9.19. The van der Waals surface area contributed by atoms with Crippen molar-refractivity contribution in [2.24, 2.45) is 0 Å². The number of thiophene rings is 1. The lowest BCUT2D eigenvalue weighted by molar-refractivity contribution is 0.599. The number of hydrogen-bond donors (Lipinski definition) is 0. The molecule has 0 spiro atoms. The zero-order chi connectivity index (χ0) is 30.6. The third-order valence-electron chi connectivity index (χ3n) is 10.1. The summed E-state index contributed by atoms with van der Waals surface area (Å²) in [6.45, 7) is 0.0232. The summed E-state index contributed by atoms with van der Waals surface area (Å²) in [5, 5.41) is 9.78. The van der Waals surface area contributed by atoms with Gasteiger partial charge in [0.15, 0.2) is 0 Å². The van der Waals surface area contributed by atoms with E-state index in [-0.39, 0.29) is 6.71 Å². The van der Waals surface area contributed by atoms with Gasteiger partial charge in [-0.3, -0.25) is 4.40 Å². The van der Waals surface area contributed by atoms with Gasteiger partial charge in [-0.25, -0.2) is 0 Å². The Kier molecular flexibility index (Phi) is 5.07. The summed E-state index contributed by atoms with van der Waals surface area (Å²) >= 11 is 1.82. The molecule has 0 N–H and O–H groups in total. The molecule has 218 valence electrons. The zero-order valence-electron chi connectivity index (χ0n) is 25.2. The van der Waals surface area contributed by atoms with Crippen molar-refractivity contribution in [2.45, 2.75) is 0 Å². The lowest BCUT2D eigenvalue weighted by atomic mass is 9.36. The summed E-state index contributed by atoms with van der Waals surface area (Å²) in [5.41, 5.74) is 12.2. The first-order valence-electron chi connectivity index (χ1n) is 16.0. The smallest absolute Gasteiger partial charge is 0.241 e. The highest BCUT2D eigenvalue weighted by molar-refractivity contribution is 7.17. The first kappa shape index (κ1) is 25.4. The molecule has 0 amide bonds. The molecule has 0 saturated carbocycles. The van der Waals surface area contributed by atoms with Crippen molar-refractivity contribution >= 4 is 88.3 Å². The molecule has 0 aliphatic carbocycles. The van der Waals surface area contributed by atoms with Gasteiger partial charge in [-0.1, -0.05) is 132 Å². The molecule has 5 aromatic carbocycles. The second-order valence-corrected chi connectivity index (χ2v) is 13.5. The minimum absolute atomic E-state index is 0.0232. The van der Waals surface area contributed by atoms with Crippen molar-refractivity contribution in [3.8, 4) is 22.3 Å². The number of rotatable bonds is 5. The van der Waals surface area contributed by atoms with Crippen LogP contribution in [0.25, 0.3) is 76.1 Å². The van der Waals surface area contributed by atoms with Gasteiger partial charge in [-0.15, -0.1) is 11.3 Å². The second-order valence-electron chi connectivity index (χ2n) is 12.6. The molecule has 11 rings (SSSR count). The third kappa shape index (κ3) is 3.47. The molecule has 0 aliphatic rings. The summed E-state index contributed by atoms with van der Waals surface area (Å²) in [6.07, 6.45) is 6.40. The molecule has 0 bridgehead atoms. The number of aromatic nitrogens is 2. The Balaban J connectivity index is 1.25. The van der Waals surface area contributed by atoms with Crippen LogP contribution in [0.4, 0.5) is 0 Å². The van der Waals surface area contributed by atoms with Gasteiger partial charge in [0.2, 0.25) is 12.4 Å². The van der Waals surface area contributed by atoms with Gasteiger partial charge in [-0.2, -0.15) is 0 Å². The molecule has 0 radical (unpaired) electrons. The van der Waals surface area contributed by atoms with Crippen LogP contribution in [-0.2, 0) is 0 Å². The molecule has 0 atom stereocenters. The predicted molar refractivity (Wildman–Crippen MR) is 199 cm³/mol. The fourth-order valence-electron chi connectivity index (χ4n) is 8.14. The third-order valence-corrected chi connectivity index (χ3v) is 11.0. The number of benzene rings is 5. The van der Waals surface area contributed by atoms with Gasteiger partial charge in [-0.05, 0) is 28.6 Å². The van der Waals surface area contributed by atoms with Crippen molar-refractivity contribution in [1.29, 1.82) is 0 Å². The van der Waals surface area contributed by atoms with E-state index in [0.717, 1.165) is 11.1 Å². The lowest BCUT2D eigenvalue weighted by Gasteiger charge is -2.17. The standard InChI is InChI=1S/C42H25BN2OS/c1-4-10-26(11-5-1)37-24-44-39-33(31-16-18-46-41(31)44)20-29(22-35(37)39)43(28-14-8-3-9-15-28)30-21-34-32-17-19-47-42(32)45-25-38(36(23-30)40(34)45)27-12-6-2-7-13-27/h1-25H. The Bertz CT molecular complexity index is 2720. The highest BCUT2D eigenvalue weighted by Crippen LogP contribution is 2.41. The molecule has 47 heavy (non-hydrogen) atoms. The van der Waals surface area contributed by atoms with Crippen LogP contribution in [-0.4, -0.2) is 15.5 Å². The van der Waals surface area contributed by atoms with Crippen molar-refractivity contribution in [1.82, 2.24) is 8.80 Å². The molecule has 0 aliphatic heterocycles. The van der Waals surface area contributed by atoms with E-state index in [9.17, 15) is 0 Å². The van der Waals surface area contributed by atoms with Gasteiger partial charge in [0.25, 0.3) is 0 Å². The summed E-state index contributed by atoms with van der Waals surface area (Å²) in [5.74, 6) is 0. The van der Waals surface area contributed by atoms with E-state index in [1.807, 2.05) is 17.6 Å². The monoisotopic (exact) mass is 616 g/mol. The van der Waals surface area contributed by atoms with E-state index >= 15 is 0 Å². The number of furan rings is 1. The first-order chi connectivity index (χ1) is 23.3. The Hall–Kier alpha value is -5.78. The second kappa shape index (κ2) is 9.38. The van der Waals surface area contributed by atoms with Gasteiger partial charge in [0, 0.05) is 55.8 Å². The van der Waals surface area contributed by atoms with Crippen LogP contribution in [0.15, 0.2) is 156 Å². The summed E-state index contributed by atoms with van der Waals surface area (Å²) in [7, 11) is 0. The average molecular weight is 617 g/mol. The minimum Gasteiger partial charge on any atom is -0.447 e. The van der Waals surface area contributed by atoms with Crippen LogP contribution >= 0.6 is 11.3 Å². The van der Waals surface area contributed by atoms with Crippen LogP contribution in [0.1, 0.15) is 0 Å². The van der Waals surface area contributed by atoms with Gasteiger partial charge >= 0.3 is 0 Å². The van der Waals surface area contributed by atoms with E-state index < -0.39 is 0 Å². The molecule has 0 saturated heterocycles. The quantitative estimate of drug-likeness (QED) is 0.177. The first-order valence-corrected chi connectivity index (χ1v) is 16.9. The summed E-state index contributed by atoms with van der Waals surface area (Å²) < 4.78 is 10.7. The van der Waals surface area contributed by atoms with E-state index in [0.29, 0.717) is 0 Å². The molecule has 3 nitrogen and oxygen atoms in total. The summed E-state index contributed by atoms with van der Waals surface area (Å²) in [4.78, 5) is 1.30. The van der Waals surface area contributed by atoms with Crippen molar-refractivity contribution < 1.29 is 4.42 Å². The Morgan fingerprint density at radius 3 is 1.70 bits per heavy atom. The van der Waals surface area contributed by atoms with E-state index in [1.165, 1.54) is 81.4 Å². The number of nitrogens with zero attached hydrogens (tertiary/aromatic N) is 2. The van der Waals surface area contributed by atoms with Crippen molar-refractivity contribution in [3.63, 3.8) is 0 Å². The molecule has 11 aromatic rings. The molecule has 6 heterocycles. The van der Waals surface area contributed by atoms with Crippen LogP contribution in [0.2, 0.25) is 0 Å². The van der Waals surface area contributed by atoms with Crippen LogP contribution < -0.4 is 16.4 Å².